The molecule has 3 aliphatic rings. The number of hydrogen-bond acceptors (Lipinski definition) is 2. The van der Waals surface area contributed by atoms with Crippen molar-refractivity contribution in [3.05, 3.63) is 0 Å². The van der Waals surface area contributed by atoms with E-state index < -0.39 is 0 Å². The summed E-state index contributed by atoms with van der Waals surface area (Å²) in [7, 11) is 0. The van der Waals surface area contributed by atoms with Crippen LogP contribution < -0.4 is 0 Å². The van der Waals surface area contributed by atoms with Gasteiger partial charge in [0.1, 0.15) is 0 Å². The molecule has 0 spiro atoms. The Morgan fingerprint density at radius 3 is 2.50 bits per heavy atom. The molecule has 18 heavy (non-hydrogen) atoms. The summed E-state index contributed by atoms with van der Waals surface area (Å²) in [5.74, 6) is 3.87. The SMILES string of the molecule is OC(CSC1CCCCC1)CC1CC2CCC1C2. The quantitative estimate of drug-likeness (QED) is 0.805. The second-order valence-electron chi connectivity index (χ2n) is 6.92. The first-order valence-electron chi connectivity index (χ1n) is 8.11. The molecule has 3 saturated carbocycles. The minimum Gasteiger partial charge on any atom is -0.392 e. The molecule has 0 aromatic carbocycles. The number of rotatable bonds is 5. The van der Waals surface area contributed by atoms with Crippen molar-refractivity contribution in [3.8, 4) is 0 Å². The van der Waals surface area contributed by atoms with E-state index in [9.17, 15) is 5.11 Å². The maximum atomic E-state index is 10.2. The highest BCUT2D eigenvalue weighted by Gasteiger charge is 2.39. The van der Waals surface area contributed by atoms with Gasteiger partial charge in [-0.25, -0.2) is 0 Å². The standard InChI is InChI=1S/C16H28OS/c17-15(11-18-16-4-2-1-3-5-16)10-14-9-12-6-7-13(14)8-12/h12-17H,1-11H2. The predicted octanol–water partition coefficient (Wildman–Crippen LogP) is 4.24. The molecule has 0 saturated heterocycles. The lowest BCUT2D eigenvalue weighted by molar-refractivity contribution is 0.144. The maximum absolute atomic E-state index is 10.2. The van der Waals surface area contributed by atoms with Gasteiger partial charge in [0.15, 0.2) is 0 Å². The average molecular weight is 268 g/mol. The Morgan fingerprint density at radius 1 is 1.00 bits per heavy atom. The first-order chi connectivity index (χ1) is 8.81. The Bertz CT molecular complexity index is 262. The summed E-state index contributed by atoms with van der Waals surface area (Å²) in [6, 6.07) is 0. The Kier molecular flexibility index (Phi) is 4.56. The van der Waals surface area contributed by atoms with Crippen molar-refractivity contribution in [2.45, 2.75) is 75.6 Å². The summed E-state index contributed by atoms with van der Waals surface area (Å²) in [6.45, 7) is 0. The molecule has 104 valence electrons. The molecule has 1 N–H and O–H groups in total. The summed E-state index contributed by atoms with van der Waals surface area (Å²) >= 11 is 2.06. The van der Waals surface area contributed by atoms with E-state index in [1.54, 1.807) is 0 Å². The van der Waals surface area contributed by atoms with Gasteiger partial charge in [0.25, 0.3) is 0 Å². The number of thioether (sulfide) groups is 1. The molecule has 0 aromatic rings. The lowest BCUT2D eigenvalue weighted by Crippen LogP contribution is -2.21. The van der Waals surface area contributed by atoms with Crippen LogP contribution in [0.3, 0.4) is 0 Å². The molecule has 1 nitrogen and oxygen atoms in total. The summed E-state index contributed by atoms with van der Waals surface area (Å²) in [4.78, 5) is 0. The van der Waals surface area contributed by atoms with Gasteiger partial charge in [0.05, 0.1) is 6.10 Å². The minimum atomic E-state index is -0.0266. The molecule has 0 aromatic heterocycles. The Morgan fingerprint density at radius 2 is 1.83 bits per heavy atom. The van der Waals surface area contributed by atoms with Crippen LogP contribution in [0, 0.1) is 17.8 Å². The molecule has 2 heteroatoms. The number of aliphatic hydroxyl groups excluding tert-OH is 1. The minimum absolute atomic E-state index is 0.0266. The third-order valence-electron chi connectivity index (χ3n) is 5.54. The Labute approximate surface area is 116 Å². The summed E-state index contributed by atoms with van der Waals surface area (Å²) < 4.78 is 0. The first kappa shape index (κ1) is 13.3. The van der Waals surface area contributed by atoms with Crippen LogP contribution in [0.4, 0.5) is 0 Å². The molecule has 4 unspecified atom stereocenters. The fourth-order valence-corrected chi connectivity index (χ4v) is 5.86. The van der Waals surface area contributed by atoms with E-state index in [0.717, 1.165) is 35.2 Å². The molecule has 0 heterocycles. The van der Waals surface area contributed by atoms with Gasteiger partial charge in [-0.2, -0.15) is 11.8 Å². The zero-order valence-electron chi connectivity index (χ0n) is 11.5. The second kappa shape index (κ2) is 6.17. The van der Waals surface area contributed by atoms with Crippen LogP contribution in [0.15, 0.2) is 0 Å². The number of hydrogen-bond donors (Lipinski definition) is 1. The van der Waals surface area contributed by atoms with Crippen LogP contribution in [-0.4, -0.2) is 22.2 Å². The van der Waals surface area contributed by atoms with Crippen molar-refractivity contribution in [1.29, 1.82) is 0 Å². The molecule has 4 atom stereocenters. The monoisotopic (exact) mass is 268 g/mol. The zero-order chi connectivity index (χ0) is 12.4. The van der Waals surface area contributed by atoms with E-state index in [1.807, 2.05) is 0 Å². The van der Waals surface area contributed by atoms with Gasteiger partial charge in [-0.1, -0.05) is 25.7 Å². The van der Waals surface area contributed by atoms with Gasteiger partial charge in [-0.3, -0.25) is 0 Å². The third kappa shape index (κ3) is 3.25. The second-order valence-corrected chi connectivity index (χ2v) is 8.25. The topological polar surface area (TPSA) is 20.2 Å². The summed E-state index contributed by atoms with van der Waals surface area (Å²) in [5, 5.41) is 11.1. The Hall–Kier alpha value is 0.310. The predicted molar refractivity (Wildman–Crippen MR) is 78.9 cm³/mol. The van der Waals surface area contributed by atoms with Gasteiger partial charge in [0.2, 0.25) is 0 Å². The zero-order valence-corrected chi connectivity index (χ0v) is 12.3. The van der Waals surface area contributed by atoms with Crippen LogP contribution in [0.2, 0.25) is 0 Å². The molecular formula is C16H28OS. The van der Waals surface area contributed by atoms with Gasteiger partial charge in [0, 0.05) is 11.0 Å². The van der Waals surface area contributed by atoms with Gasteiger partial charge in [-0.05, 0) is 56.3 Å². The Balaban J connectivity index is 1.35. The molecule has 0 radical (unpaired) electrons. The highest BCUT2D eigenvalue weighted by Crippen LogP contribution is 2.50. The van der Waals surface area contributed by atoms with E-state index in [1.165, 1.54) is 57.8 Å². The number of aliphatic hydroxyl groups is 1. The highest BCUT2D eigenvalue weighted by molar-refractivity contribution is 7.99. The molecule has 3 rings (SSSR count). The number of fused-ring (bicyclic) bond motifs is 2. The molecule has 0 aliphatic heterocycles. The third-order valence-corrected chi connectivity index (χ3v) is 7.06. The lowest BCUT2D eigenvalue weighted by atomic mass is 9.85. The van der Waals surface area contributed by atoms with E-state index in [-0.39, 0.29) is 6.10 Å². The fraction of sp³-hybridized carbons (Fsp3) is 1.00. The van der Waals surface area contributed by atoms with Crippen LogP contribution in [0.5, 0.6) is 0 Å². The van der Waals surface area contributed by atoms with Crippen LogP contribution in [-0.2, 0) is 0 Å². The smallest absolute Gasteiger partial charge is 0.0633 e. The fourth-order valence-electron chi connectivity index (χ4n) is 4.56. The van der Waals surface area contributed by atoms with E-state index in [4.69, 9.17) is 0 Å². The molecule has 0 amide bonds. The van der Waals surface area contributed by atoms with Crippen molar-refractivity contribution in [2.24, 2.45) is 17.8 Å². The summed E-state index contributed by atoms with van der Waals surface area (Å²) in [5.41, 5.74) is 0. The van der Waals surface area contributed by atoms with Crippen LogP contribution >= 0.6 is 11.8 Å². The van der Waals surface area contributed by atoms with Crippen LogP contribution in [0.25, 0.3) is 0 Å². The van der Waals surface area contributed by atoms with Gasteiger partial charge < -0.3 is 5.11 Å². The van der Waals surface area contributed by atoms with E-state index >= 15 is 0 Å². The van der Waals surface area contributed by atoms with E-state index in [0.29, 0.717) is 0 Å². The lowest BCUT2D eigenvalue weighted by Gasteiger charge is -2.26. The molecular weight excluding hydrogens is 240 g/mol. The van der Waals surface area contributed by atoms with Crippen LogP contribution in [0.1, 0.15) is 64.2 Å². The summed E-state index contributed by atoms with van der Waals surface area (Å²) in [6.07, 6.45) is 14.0. The van der Waals surface area contributed by atoms with Crippen molar-refractivity contribution in [3.63, 3.8) is 0 Å². The highest BCUT2D eigenvalue weighted by atomic mass is 32.2. The van der Waals surface area contributed by atoms with E-state index in [2.05, 4.69) is 11.8 Å². The molecule has 3 aliphatic carbocycles. The van der Waals surface area contributed by atoms with Gasteiger partial charge >= 0.3 is 0 Å². The van der Waals surface area contributed by atoms with Crippen molar-refractivity contribution in [1.82, 2.24) is 0 Å². The van der Waals surface area contributed by atoms with Crippen molar-refractivity contribution < 1.29 is 5.11 Å². The van der Waals surface area contributed by atoms with Crippen molar-refractivity contribution in [2.75, 3.05) is 5.75 Å². The molecule has 2 bridgehead atoms. The maximum Gasteiger partial charge on any atom is 0.0633 e. The first-order valence-corrected chi connectivity index (χ1v) is 9.16. The van der Waals surface area contributed by atoms with Gasteiger partial charge in [-0.15, -0.1) is 0 Å². The van der Waals surface area contributed by atoms with Crippen molar-refractivity contribution >= 4 is 11.8 Å². The largest absolute Gasteiger partial charge is 0.392 e. The molecule has 3 fully saturated rings. The normalized spacial score (nSPS) is 38.2. The average Bonchev–Trinajstić information content (AvgIpc) is 3.00.